The van der Waals surface area contributed by atoms with Crippen LogP contribution < -0.4 is 5.32 Å². The lowest BCUT2D eigenvalue weighted by molar-refractivity contribution is 0.896. The lowest BCUT2D eigenvalue weighted by Crippen LogP contribution is -1.92. The first kappa shape index (κ1) is 11.4. The zero-order chi connectivity index (χ0) is 10.2. The summed E-state index contributed by atoms with van der Waals surface area (Å²) >= 11 is 1.98. The second-order valence-electron chi connectivity index (χ2n) is 3.21. The molecule has 0 spiro atoms. The third-order valence-corrected chi connectivity index (χ3v) is 3.11. The van der Waals surface area contributed by atoms with Crippen molar-refractivity contribution in [3.63, 3.8) is 0 Å². The van der Waals surface area contributed by atoms with Gasteiger partial charge in [-0.1, -0.05) is 19.4 Å². The van der Waals surface area contributed by atoms with Crippen molar-refractivity contribution >= 4 is 17.6 Å². The Balaban J connectivity index is 2.29. The predicted molar refractivity (Wildman–Crippen MR) is 64.9 cm³/mol. The van der Waals surface area contributed by atoms with Crippen LogP contribution in [0.3, 0.4) is 0 Å². The van der Waals surface area contributed by atoms with Gasteiger partial charge in [0.15, 0.2) is 0 Å². The Kier molecular flexibility index (Phi) is 5.45. The van der Waals surface area contributed by atoms with Crippen LogP contribution >= 0.6 is 11.8 Å². The van der Waals surface area contributed by atoms with Crippen LogP contribution in [0.15, 0.2) is 18.3 Å². The van der Waals surface area contributed by atoms with Crippen LogP contribution in [0.4, 0.5) is 5.82 Å². The Morgan fingerprint density at radius 3 is 2.86 bits per heavy atom. The van der Waals surface area contributed by atoms with Crippen LogP contribution in [0.25, 0.3) is 0 Å². The molecule has 3 heteroatoms. The van der Waals surface area contributed by atoms with Gasteiger partial charge in [-0.25, -0.2) is 4.98 Å². The highest BCUT2D eigenvalue weighted by Gasteiger charge is 1.94. The quantitative estimate of drug-likeness (QED) is 0.730. The maximum absolute atomic E-state index is 4.27. The topological polar surface area (TPSA) is 24.9 Å². The summed E-state index contributed by atoms with van der Waals surface area (Å²) in [6.07, 6.45) is 4.54. The molecule has 78 valence electrons. The lowest BCUT2D eigenvalue weighted by Gasteiger charge is -2.02. The molecule has 2 nitrogen and oxygen atoms in total. The fourth-order valence-corrected chi connectivity index (χ4v) is 2.14. The number of aromatic nitrogens is 1. The third-order valence-electron chi connectivity index (χ3n) is 1.99. The van der Waals surface area contributed by atoms with Gasteiger partial charge in [-0.15, -0.1) is 0 Å². The molecule has 1 N–H and O–H groups in total. The third kappa shape index (κ3) is 4.01. The summed E-state index contributed by atoms with van der Waals surface area (Å²) in [6, 6.07) is 4.16. The van der Waals surface area contributed by atoms with Gasteiger partial charge in [-0.05, 0) is 23.8 Å². The molecule has 0 saturated heterocycles. The van der Waals surface area contributed by atoms with Crippen LogP contribution in [0, 0.1) is 0 Å². The molecule has 0 aliphatic heterocycles. The smallest absolute Gasteiger partial charge is 0.125 e. The van der Waals surface area contributed by atoms with Crippen LogP contribution in [-0.4, -0.2) is 17.8 Å². The fourth-order valence-electron chi connectivity index (χ4n) is 1.09. The van der Waals surface area contributed by atoms with Crippen LogP contribution in [0.2, 0.25) is 0 Å². The van der Waals surface area contributed by atoms with Gasteiger partial charge in [-0.3, -0.25) is 0 Å². The van der Waals surface area contributed by atoms with Gasteiger partial charge in [0.2, 0.25) is 0 Å². The summed E-state index contributed by atoms with van der Waals surface area (Å²) < 4.78 is 0. The van der Waals surface area contributed by atoms with Crippen molar-refractivity contribution in [1.29, 1.82) is 0 Å². The van der Waals surface area contributed by atoms with Crippen molar-refractivity contribution in [3.05, 3.63) is 23.9 Å². The molecular weight excluding hydrogens is 192 g/mol. The van der Waals surface area contributed by atoms with Crippen LogP contribution in [0.1, 0.15) is 25.3 Å². The first-order valence-corrected chi connectivity index (χ1v) is 6.22. The van der Waals surface area contributed by atoms with E-state index in [-0.39, 0.29) is 0 Å². The molecule has 1 aromatic heterocycles. The van der Waals surface area contributed by atoms with E-state index in [1.807, 2.05) is 31.1 Å². The maximum atomic E-state index is 4.27. The SMILES string of the molecule is CCCCSCc1ccc(NC)nc1. The first-order chi connectivity index (χ1) is 6.86. The van der Waals surface area contributed by atoms with Gasteiger partial charge in [-0.2, -0.15) is 11.8 Å². The molecule has 0 aliphatic carbocycles. The average Bonchev–Trinajstić information content (AvgIpc) is 2.25. The maximum Gasteiger partial charge on any atom is 0.125 e. The molecule has 1 aromatic rings. The first-order valence-electron chi connectivity index (χ1n) is 5.07. The van der Waals surface area contributed by atoms with E-state index in [9.17, 15) is 0 Å². The summed E-state index contributed by atoms with van der Waals surface area (Å²) in [7, 11) is 1.89. The van der Waals surface area contributed by atoms with Crippen LogP contribution in [-0.2, 0) is 5.75 Å². The van der Waals surface area contributed by atoms with Crippen molar-refractivity contribution in [1.82, 2.24) is 4.98 Å². The van der Waals surface area contributed by atoms with E-state index < -0.39 is 0 Å². The average molecular weight is 210 g/mol. The highest BCUT2D eigenvalue weighted by molar-refractivity contribution is 7.98. The molecule has 14 heavy (non-hydrogen) atoms. The van der Waals surface area contributed by atoms with Gasteiger partial charge in [0.25, 0.3) is 0 Å². The van der Waals surface area contributed by atoms with Gasteiger partial charge in [0, 0.05) is 19.0 Å². The summed E-state index contributed by atoms with van der Waals surface area (Å²) in [6.45, 7) is 2.23. The van der Waals surface area contributed by atoms with E-state index in [1.165, 1.54) is 24.2 Å². The Bertz CT molecular complexity index is 246. The van der Waals surface area contributed by atoms with Crippen molar-refractivity contribution in [2.24, 2.45) is 0 Å². The molecular formula is C11H18N2S. The van der Waals surface area contributed by atoms with Crippen molar-refractivity contribution in [2.45, 2.75) is 25.5 Å². The largest absolute Gasteiger partial charge is 0.373 e. The highest BCUT2D eigenvalue weighted by Crippen LogP contribution is 2.14. The predicted octanol–water partition coefficient (Wildman–Crippen LogP) is 3.16. The number of pyridine rings is 1. The number of hydrogen-bond acceptors (Lipinski definition) is 3. The van der Waals surface area contributed by atoms with Crippen molar-refractivity contribution < 1.29 is 0 Å². The monoisotopic (exact) mass is 210 g/mol. The van der Waals surface area contributed by atoms with Gasteiger partial charge < -0.3 is 5.32 Å². The molecule has 0 atom stereocenters. The number of thioether (sulfide) groups is 1. The minimum absolute atomic E-state index is 0.937. The van der Waals surface area contributed by atoms with E-state index in [1.54, 1.807) is 0 Å². The summed E-state index contributed by atoms with van der Waals surface area (Å²) in [5.41, 5.74) is 1.31. The number of nitrogens with zero attached hydrogens (tertiary/aromatic N) is 1. The number of nitrogens with one attached hydrogen (secondary N) is 1. The molecule has 0 aliphatic rings. The Morgan fingerprint density at radius 1 is 1.43 bits per heavy atom. The molecule has 0 bridgehead atoms. The second kappa shape index (κ2) is 6.71. The van der Waals surface area contributed by atoms with Crippen LogP contribution in [0.5, 0.6) is 0 Å². The van der Waals surface area contributed by atoms with Gasteiger partial charge >= 0.3 is 0 Å². The standard InChI is InChI=1S/C11H18N2S/c1-3-4-7-14-9-10-5-6-11(12-2)13-8-10/h5-6,8H,3-4,7,9H2,1-2H3,(H,12,13). The lowest BCUT2D eigenvalue weighted by atomic mass is 10.3. The molecule has 1 heterocycles. The minimum atomic E-state index is 0.937. The Labute approximate surface area is 90.5 Å². The molecule has 0 amide bonds. The zero-order valence-electron chi connectivity index (χ0n) is 8.92. The Morgan fingerprint density at radius 2 is 2.29 bits per heavy atom. The molecule has 0 saturated carbocycles. The van der Waals surface area contributed by atoms with Crippen molar-refractivity contribution in [3.8, 4) is 0 Å². The van der Waals surface area contributed by atoms with E-state index in [2.05, 4.69) is 23.3 Å². The van der Waals surface area contributed by atoms with E-state index >= 15 is 0 Å². The molecule has 0 fully saturated rings. The summed E-state index contributed by atoms with van der Waals surface area (Å²) in [5, 5.41) is 3.01. The fraction of sp³-hybridized carbons (Fsp3) is 0.545. The van der Waals surface area contributed by atoms with Crippen molar-refractivity contribution in [2.75, 3.05) is 18.1 Å². The van der Waals surface area contributed by atoms with Gasteiger partial charge in [0.1, 0.15) is 5.82 Å². The van der Waals surface area contributed by atoms with E-state index in [0.29, 0.717) is 0 Å². The zero-order valence-corrected chi connectivity index (χ0v) is 9.73. The summed E-state index contributed by atoms with van der Waals surface area (Å²) in [4.78, 5) is 4.27. The van der Waals surface area contributed by atoms with E-state index in [0.717, 1.165) is 11.6 Å². The molecule has 0 radical (unpaired) electrons. The molecule has 0 aromatic carbocycles. The Hall–Kier alpha value is -0.700. The number of rotatable bonds is 6. The number of hydrogen-bond donors (Lipinski definition) is 1. The summed E-state index contributed by atoms with van der Waals surface area (Å²) in [5.74, 6) is 3.27. The number of unbranched alkanes of at least 4 members (excludes halogenated alkanes) is 1. The van der Waals surface area contributed by atoms with E-state index in [4.69, 9.17) is 0 Å². The molecule has 1 rings (SSSR count). The second-order valence-corrected chi connectivity index (χ2v) is 4.31. The normalized spacial score (nSPS) is 10.1. The van der Waals surface area contributed by atoms with Gasteiger partial charge in [0.05, 0.1) is 0 Å². The number of anilines is 1. The molecule has 0 unspecified atom stereocenters. The highest BCUT2D eigenvalue weighted by atomic mass is 32.2. The minimum Gasteiger partial charge on any atom is -0.373 e.